The molecule has 24 heavy (non-hydrogen) atoms. The van der Waals surface area contributed by atoms with Crippen LogP contribution in [0.1, 0.15) is 24.7 Å². The summed E-state index contributed by atoms with van der Waals surface area (Å²) in [6.07, 6.45) is 2.06. The van der Waals surface area contributed by atoms with E-state index in [0.29, 0.717) is 30.5 Å². The van der Waals surface area contributed by atoms with Crippen LogP contribution in [0.15, 0.2) is 28.8 Å². The van der Waals surface area contributed by atoms with Crippen molar-refractivity contribution in [2.75, 3.05) is 39.5 Å². The molecular formula is C17H22FN3O3. The third-order valence-corrected chi connectivity index (χ3v) is 4.17. The summed E-state index contributed by atoms with van der Waals surface area (Å²) in [5, 5.41) is 12.7. The molecule has 0 spiro atoms. The van der Waals surface area contributed by atoms with Crippen LogP contribution in [0.5, 0.6) is 0 Å². The van der Waals surface area contributed by atoms with Gasteiger partial charge in [0.05, 0.1) is 25.7 Å². The maximum Gasteiger partial charge on any atom is 0.231 e. The first kappa shape index (κ1) is 17.0. The van der Waals surface area contributed by atoms with Crippen LogP contribution < -0.4 is 0 Å². The van der Waals surface area contributed by atoms with E-state index in [0.717, 1.165) is 32.5 Å². The third kappa shape index (κ3) is 4.37. The summed E-state index contributed by atoms with van der Waals surface area (Å²) >= 11 is 0. The number of aromatic nitrogens is 2. The summed E-state index contributed by atoms with van der Waals surface area (Å²) < 4.78 is 24.1. The number of hydrogen-bond acceptors (Lipinski definition) is 6. The standard InChI is InChI=1S/C17H22FN3O3/c18-15-5-1-3-13(11-15)16-19-17(24-20-16)14-4-2-6-21(12-14)7-9-23-10-8-22/h1,3,5,11,14,22H,2,4,6-10,12H2. The zero-order chi connectivity index (χ0) is 16.8. The largest absolute Gasteiger partial charge is 0.394 e. The molecule has 1 aliphatic rings. The van der Waals surface area contributed by atoms with Gasteiger partial charge in [0.25, 0.3) is 0 Å². The topological polar surface area (TPSA) is 71.6 Å². The van der Waals surface area contributed by atoms with Crippen molar-refractivity contribution in [3.63, 3.8) is 0 Å². The van der Waals surface area contributed by atoms with Gasteiger partial charge < -0.3 is 19.3 Å². The van der Waals surface area contributed by atoms with Crippen LogP contribution in [0.25, 0.3) is 11.4 Å². The first-order valence-electron chi connectivity index (χ1n) is 8.27. The van der Waals surface area contributed by atoms with E-state index in [4.69, 9.17) is 14.4 Å². The summed E-state index contributed by atoms with van der Waals surface area (Å²) in [5.41, 5.74) is 0.620. The molecule has 1 N–H and O–H groups in total. The Labute approximate surface area is 140 Å². The fraction of sp³-hybridized carbons (Fsp3) is 0.529. The lowest BCUT2D eigenvalue weighted by molar-refractivity contribution is 0.0656. The molecule has 1 aromatic carbocycles. The SMILES string of the molecule is OCCOCCN1CCCC(c2nc(-c3cccc(F)c3)no2)C1. The van der Waals surface area contributed by atoms with E-state index in [-0.39, 0.29) is 18.3 Å². The number of piperidine rings is 1. The summed E-state index contributed by atoms with van der Waals surface area (Å²) in [7, 11) is 0. The molecule has 1 aromatic heterocycles. The third-order valence-electron chi connectivity index (χ3n) is 4.17. The molecule has 1 atom stereocenters. The number of ether oxygens (including phenoxy) is 1. The molecule has 2 aromatic rings. The van der Waals surface area contributed by atoms with Crippen LogP contribution in [0.3, 0.4) is 0 Å². The molecule has 2 heterocycles. The number of benzene rings is 1. The van der Waals surface area contributed by atoms with E-state index in [1.165, 1.54) is 12.1 Å². The van der Waals surface area contributed by atoms with Gasteiger partial charge in [-0.05, 0) is 31.5 Å². The first-order valence-corrected chi connectivity index (χ1v) is 8.27. The normalized spacial score (nSPS) is 18.8. The lowest BCUT2D eigenvalue weighted by Crippen LogP contribution is -2.36. The summed E-state index contributed by atoms with van der Waals surface area (Å²) in [6.45, 7) is 3.70. The molecule has 0 saturated carbocycles. The summed E-state index contributed by atoms with van der Waals surface area (Å²) in [4.78, 5) is 6.76. The molecule has 3 rings (SSSR count). The van der Waals surface area contributed by atoms with Gasteiger partial charge in [-0.15, -0.1) is 0 Å². The molecule has 1 saturated heterocycles. The molecule has 0 amide bonds. The Kier molecular flexibility index (Phi) is 5.90. The average Bonchev–Trinajstić information content (AvgIpc) is 3.09. The molecule has 6 nitrogen and oxygen atoms in total. The fourth-order valence-electron chi connectivity index (χ4n) is 2.97. The lowest BCUT2D eigenvalue weighted by atomic mass is 9.98. The zero-order valence-electron chi connectivity index (χ0n) is 13.5. The van der Waals surface area contributed by atoms with E-state index >= 15 is 0 Å². The van der Waals surface area contributed by atoms with Crippen LogP contribution in [0, 0.1) is 5.82 Å². The molecule has 7 heteroatoms. The maximum atomic E-state index is 13.3. The zero-order valence-corrected chi connectivity index (χ0v) is 13.5. The predicted octanol–water partition coefficient (Wildman–Crippen LogP) is 2.06. The van der Waals surface area contributed by atoms with Crippen LogP contribution >= 0.6 is 0 Å². The molecule has 1 aliphatic heterocycles. The Morgan fingerprint density at radius 1 is 1.38 bits per heavy atom. The van der Waals surface area contributed by atoms with Crippen LogP contribution in [0.4, 0.5) is 4.39 Å². The maximum absolute atomic E-state index is 13.3. The highest BCUT2D eigenvalue weighted by atomic mass is 19.1. The molecule has 130 valence electrons. The van der Waals surface area contributed by atoms with Crippen molar-refractivity contribution >= 4 is 0 Å². The van der Waals surface area contributed by atoms with E-state index in [1.54, 1.807) is 12.1 Å². The van der Waals surface area contributed by atoms with E-state index in [9.17, 15) is 4.39 Å². The number of nitrogens with zero attached hydrogens (tertiary/aromatic N) is 3. The van der Waals surface area contributed by atoms with E-state index in [1.807, 2.05) is 0 Å². The smallest absolute Gasteiger partial charge is 0.231 e. The Morgan fingerprint density at radius 2 is 2.29 bits per heavy atom. The number of rotatable bonds is 7. The second-order valence-electron chi connectivity index (χ2n) is 5.94. The highest BCUT2D eigenvalue weighted by Crippen LogP contribution is 2.27. The second kappa shape index (κ2) is 8.32. The van der Waals surface area contributed by atoms with Crippen LogP contribution in [-0.4, -0.2) is 59.6 Å². The minimum atomic E-state index is -0.314. The van der Waals surface area contributed by atoms with Gasteiger partial charge in [0.15, 0.2) is 0 Å². The number of likely N-dealkylation sites (tertiary alicyclic amines) is 1. The van der Waals surface area contributed by atoms with Gasteiger partial charge in [-0.1, -0.05) is 17.3 Å². The molecule has 0 aliphatic carbocycles. The highest BCUT2D eigenvalue weighted by Gasteiger charge is 2.26. The van der Waals surface area contributed by atoms with Gasteiger partial charge in [-0.3, -0.25) is 0 Å². The minimum Gasteiger partial charge on any atom is -0.394 e. The van der Waals surface area contributed by atoms with E-state index in [2.05, 4.69) is 15.0 Å². The molecule has 1 fully saturated rings. The monoisotopic (exact) mass is 335 g/mol. The summed E-state index contributed by atoms with van der Waals surface area (Å²) in [6, 6.07) is 6.20. The fourth-order valence-corrected chi connectivity index (χ4v) is 2.97. The highest BCUT2D eigenvalue weighted by molar-refractivity contribution is 5.53. The van der Waals surface area contributed by atoms with Gasteiger partial charge >= 0.3 is 0 Å². The van der Waals surface area contributed by atoms with Crippen molar-refractivity contribution in [3.8, 4) is 11.4 Å². The number of halogens is 1. The quantitative estimate of drug-likeness (QED) is 0.781. The summed E-state index contributed by atoms with van der Waals surface area (Å²) in [5.74, 6) is 0.903. The van der Waals surface area contributed by atoms with Crippen molar-refractivity contribution in [2.45, 2.75) is 18.8 Å². The van der Waals surface area contributed by atoms with Gasteiger partial charge in [-0.25, -0.2) is 4.39 Å². The molecule has 0 radical (unpaired) electrons. The average molecular weight is 335 g/mol. The van der Waals surface area contributed by atoms with Crippen molar-refractivity contribution in [1.29, 1.82) is 0 Å². The Balaban J connectivity index is 1.60. The molecule has 1 unspecified atom stereocenters. The number of aliphatic hydroxyl groups excluding tert-OH is 1. The van der Waals surface area contributed by atoms with Crippen molar-refractivity contribution in [2.24, 2.45) is 0 Å². The Morgan fingerprint density at radius 3 is 3.12 bits per heavy atom. The number of hydrogen-bond donors (Lipinski definition) is 1. The van der Waals surface area contributed by atoms with Gasteiger partial charge in [0, 0.05) is 18.7 Å². The van der Waals surface area contributed by atoms with E-state index < -0.39 is 0 Å². The molecule has 0 bridgehead atoms. The van der Waals surface area contributed by atoms with Crippen molar-refractivity contribution in [1.82, 2.24) is 15.0 Å². The van der Waals surface area contributed by atoms with Crippen LogP contribution in [0.2, 0.25) is 0 Å². The first-order chi connectivity index (χ1) is 11.8. The Bertz CT molecular complexity index is 650. The Hall–Kier alpha value is -1.83. The lowest BCUT2D eigenvalue weighted by Gasteiger charge is -2.30. The van der Waals surface area contributed by atoms with Gasteiger partial charge in [-0.2, -0.15) is 4.98 Å². The van der Waals surface area contributed by atoms with Crippen molar-refractivity contribution < 1.29 is 18.8 Å². The predicted molar refractivity (Wildman–Crippen MR) is 86.0 cm³/mol. The van der Waals surface area contributed by atoms with Gasteiger partial charge in [0.1, 0.15) is 5.82 Å². The van der Waals surface area contributed by atoms with Gasteiger partial charge in [0.2, 0.25) is 11.7 Å². The second-order valence-corrected chi connectivity index (χ2v) is 5.94. The van der Waals surface area contributed by atoms with Crippen molar-refractivity contribution in [3.05, 3.63) is 36.0 Å². The minimum absolute atomic E-state index is 0.0491. The van der Waals surface area contributed by atoms with Crippen LogP contribution in [-0.2, 0) is 4.74 Å². The number of aliphatic hydroxyl groups is 1. The molecular weight excluding hydrogens is 313 g/mol.